The van der Waals surface area contributed by atoms with Gasteiger partial charge in [0.2, 0.25) is 11.1 Å². The lowest BCUT2D eigenvalue weighted by Gasteiger charge is -2.25. The normalized spacial score (nSPS) is 17.7. The second-order valence-corrected chi connectivity index (χ2v) is 5.26. The topological polar surface area (TPSA) is 81.0 Å². The van der Waals surface area contributed by atoms with Crippen LogP contribution in [0.25, 0.3) is 0 Å². The van der Waals surface area contributed by atoms with Crippen molar-refractivity contribution in [2.75, 3.05) is 5.32 Å². The molecule has 1 aromatic rings. The van der Waals surface area contributed by atoms with Gasteiger partial charge in [0.1, 0.15) is 5.69 Å². The molecule has 0 saturated heterocycles. The molecule has 98 valence electrons. The molecule has 0 amide bonds. The number of hydrogen-bond acceptors (Lipinski definition) is 5. The zero-order valence-corrected chi connectivity index (χ0v) is 11.1. The van der Waals surface area contributed by atoms with Crippen LogP contribution in [0.1, 0.15) is 38.3 Å². The number of nitrogens with zero attached hydrogens (tertiary/aromatic N) is 3. The number of anilines is 1. The lowest BCUT2D eigenvalue weighted by molar-refractivity contribution is -0.385. The molecule has 0 unspecified atom stereocenters. The van der Waals surface area contributed by atoms with E-state index in [1.807, 2.05) is 0 Å². The summed E-state index contributed by atoms with van der Waals surface area (Å²) in [5.74, 6) is 0.224. The molecule has 0 atom stereocenters. The Morgan fingerprint density at radius 2 is 2.00 bits per heavy atom. The van der Waals surface area contributed by atoms with Crippen LogP contribution in [0.5, 0.6) is 0 Å². The number of rotatable bonds is 3. The summed E-state index contributed by atoms with van der Waals surface area (Å²) < 4.78 is 0. The van der Waals surface area contributed by atoms with Crippen LogP contribution >= 0.6 is 11.6 Å². The number of nitro groups is 1. The van der Waals surface area contributed by atoms with E-state index in [4.69, 9.17) is 11.6 Å². The fraction of sp³-hybridized carbons (Fsp3) is 0.636. The molecule has 1 aliphatic rings. The van der Waals surface area contributed by atoms with E-state index in [-0.39, 0.29) is 28.0 Å². The van der Waals surface area contributed by atoms with Crippen molar-refractivity contribution in [2.45, 2.75) is 45.1 Å². The zero-order valence-electron chi connectivity index (χ0n) is 10.4. The Bertz CT molecular complexity index is 486. The van der Waals surface area contributed by atoms with E-state index in [2.05, 4.69) is 22.2 Å². The second-order valence-electron chi connectivity index (χ2n) is 4.93. The number of hydrogen-bond donors (Lipinski definition) is 1. The van der Waals surface area contributed by atoms with Gasteiger partial charge in [-0.2, -0.15) is 4.98 Å². The Balaban J connectivity index is 2.39. The van der Waals surface area contributed by atoms with Crippen LogP contribution in [0.2, 0.25) is 5.28 Å². The Morgan fingerprint density at radius 1 is 1.39 bits per heavy atom. The SMILES string of the molecule is Cc1nc(Cl)nc(NC2(C)CCCC2)c1[N+](=O)[O-]. The Kier molecular flexibility index (Phi) is 3.38. The summed E-state index contributed by atoms with van der Waals surface area (Å²) in [5.41, 5.74) is 0.0474. The predicted octanol–water partition coefficient (Wildman–Crippen LogP) is 3.09. The molecule has 6 nitrogen and oxygen atoms in total. The van der Waals surface area contributed by atoms with Crippen molar-refractivity contribution in [2.24, 2.45) is 0 Å². The summed E-state index contributed by atoms with van der Waals surface area (Å²) in [6.07, 6.45) is 4.19. The fourth-order valence-electron chi connectivity index (χ4n) is 2.40. The molecular formula is C11H15ClN4O2. The van der Waals surface area contributed by atoms with E-state index in [0.717, 1.165) is 25.7 Å². The van der Waals surface area contributed by atoms with Crippen molar-refractivity contribution in [3.05, 3.63) is 21.1 Å². The van der Waals surface area contributed by atoms with Gasteiger partial charge in [0.15, 0.2) is 0 Å². The van der Waals surface area contributed by atoms with Crippen molar-refractivity contribution in [1.82, 2.24) is 9.97 Å². The first-order chi connectivity index (χ1) is 8.41. The summed E-state index contributed by atoms with van der Waals surface area (Å²) in [5, 5.41) is 14.3. The Morgan fingerprint density at radius 3 is 2.56 bits per heavy atom. The molecule has 1 fully saturated rings. The van der Waals surface area contributed by atoms with E-state index in [1.54, 1.807) is 6.92 Å². The van der Waals surface area contributed by atoms with Gasteiger partial charge in [0, 0.05) is 5.54 Å². The molecule has 1 saturated carbocycles. The molecule has 0 aromatic carbocycles. The van der Waals surface area contributed by atoms with Gasteiger partial charge in [-0.25, -0.2) is 4.98 Å². The maximum Gasteiger partial charge on any atom is 0.332 e. The first kappa shape index (κ1) is 13.0. The summed E-state index contributed by atoms with van der Waals surface area (Å²) >= 11 is 5.77. The van der Waals surface area contributed by atoms with E-state index in [9.17, 15) is 10.1 Å². The second kappa shape index (κ2) is 4.68. The van der Waals surface area contributed by atoms with Gasteiger partial charge in [-0.05, 0) is 38.3 Å². The van der Waals surface area contributed by atoms with Gasteiger partial charge >= 0.3 is 5.69 Å². The highest BCUT2D eigenvalue weighted by Gasteiger charge is 2.32. The molecule has 2 rings (SSSR count). The lowest BCUT2D eigenvalue weighted by Crippen LogP contribution is -2.31. The minimum Gasteiger partial charge on any atom is -0.359 e. The van der Waals surface area contributed by atoms with Crippen molar-refractivity contribution in [3.63, 3.8) is 0 Å². The fourth-order valence-corrected chi connectivity index (χ4v) is 2.62. The maximum atomic E-state index is 11.1. The minimum absolute atomic E-state index is 0.0298. The highest BCUT2D eigenvalue weighted by molar-refractivity contribution is 6.28. The largest absolute Gasteiger partial charge is 0.359 e. The average molecular weight is 271 g/mol. The minimum atomic E-state index is -0.466. The Labute approximate surface area is 110 Å². The number of aromatic nitrogens is 2. The van der Waals surface area contributed by atoms with Gasteiger partial charge in [0.25, 0.3) is 0 Å². The van der Waals surface area contributed by atoms with Crippen LogP contribution in [0.15, 0.2) is 0 Å². The number of aryl methyl sites for hydroxylation is 1. The average Bonchev–Trinajstić information content (AvgIpc) is 2.62. The van der Waals surface area contributed by atoms with Crippen molar-refractivity contribution in [3.8, 4) is 0 Å². The third-order valence-electron chi connectivity index (χ3n) is 3.34. The van der Waals surface area contributed by atoms with Gasteiger partial charge in [0.05, 0.1) is 4.92 Å². The summed E-state index contributed by atoms with van der Waals surface area (Å²) in [6.45, 7) is 3.61. The standard InChI is InChI=1S/C11H15ClN4O2/c1-7-8(16(17)18)9(14-10(12)13-7)15-11(2)5-3-4-6-11/h3-6H2,1-2H3,(H,13,14,15). The molecule has 0 aliphatic heterocycles. The van der Waals surface area contributed by atoms with Crippen molar-refractivity contribution >= 4 is 23.1 Å². The van der Waals surface area contributed by atoms with Crippen LogP contribution in [0.4, 0.5) is 11.5 Å². The summed E-state index contributed by atoms with van der Waals surface area (Å²) in [7, 11) is 0. The zero-order chi connectivity index (χ0) is 13.3. The van der Waals surface area contributed by atoms with E-state index < -0.39 is 4.92 Å². The van der Waals surface area contributed by atoms with Crippen LogP contribution in [-0.4, -0.2) is 20.4 Å². The van der Waals surface area contributed by atoms with Gasteiger partial charge in [-0.3, -0.25) is 10.1 Å². The highest BCUT2D eigenvalue weighted by Crippen LogP contribution is 2.35. The van der Waals surface area contributed by atoms with Crippen molar-refractivity contribution in [1.29, 1.82) is 0 Å². The summed E-state index contributed by atoms with van der Waals surface area (Å²) in [6, 6.07) is 0. The molecule has 0 spiro atoms. The van der Waals surface area contributed by atoms with E-state index in [0.29, 0.717) is 0 Å². The van der Waals surface area contributed by atoms with Gasteiger partial charge < -0.3 is 5.32 Å². The molecule has 1 aromatic heterocycles. The van der Waals surface area contributed by atoms with E-state index >= 15 is 0 Å². The van der Waals surface area contributed by atoms with Crippen LogP contribution < -0.4 is 5.32 Å². The number of halogens is 1. The lowest BCUT2D eigenvalue weighted by atomic mass is 10.0. The third kappa shape index (κ3) is 2.53. The first-order valence-corrected chi connectivity index (χ1v) is 6.26. The van der Waals surface area contributed by atoms with E-state index in [1.165, 1.54) is 0 Å². The van der Waals surface area contributed by atoms with Crippen LogP contribution in [0, 0.1) is 17.0 Å². The first-order valence-electron chi connectivity index (χ1n) is 5.88. The number of nitrogens with one attached hydrogen (secondary N) is 1. The van der Waals surface area contributed by atoms with Crippen LogP contribution in [-0.2, 0) is 0 Å². The third-order valence-corrected chi connectivity index (χ3v) is 3.51. The molecule has 0 radical (unpaired) electrons. The monoisotopic (exact) mass is 270 g/mol. The predicted molar refractivity (Wildman–Crippen MR) is 68.9 cm³/mol. The molecule has 1 heterocycles. The Hall–Kier alpha value is -1.43. The van der Waals surface area contributed by atoms with Gasteiger partial charge in [-0.1, -0.05) is 12.8 Å². The molecule has 1 aliphatic carbocycles. The van der Waals surface area contributed by atoms with Gasteiger partial charge in [-0.15, -0.1) is 0 Å². The quantitative estimate of drug-likeness (QED) is 0.518. The molecular weight excluding hydrogens is 256 g/mol. The van der Waals surface area contributed by atoms with Crippen LogP contribution in [0.3, 0.4) is 0 Å². The van der Waals surface area contributed by atoms with Crippen molar-refractivity contribution < 1.29 is 4.92 Å². The molecule has 18 heavy (non-hydrogen) atoms. The summed E-state index contributed by atoms with van der Waals surface area (Å²) in [4.78, 5) is 18.4. The highest BCUT2D eigenvalue weighted by atomic mass is 35.5. The molecule has 1 N–H and O–H groups in total. The molecule has 0 bridgehead atoms. The smallest absolute Gasteiger partial charge is 0.332 e. The molecule has 7 heteroatoms. The maximum absolute atomic E-state index is 11.1.